The van der Waals surface area contributed by atoms with Gasteiger partial charge in [0.2, 0.25) is 0 Å². The lowest BCUT2D eigenvalue weighted by atomic mass is 10.1. The fraction of sp³-hybridized carbons (Fsp3) is 0. The molecule has 4 aromatic rings. The van der Waals surface area contributed by atoms with Crippen molar-refractivity contribution >= 4 is 33.1 Å². The molecule has 0 fully saturated rings. The summed E-state index contributed by atoms with van der Waals surface area (Å²) in [5, 5.41) is 21.2. The average molecular weight is 288 g/mol. The molecule has 0 saturated heterocycles. The number of hydrogen-bond donors (Lipinski definition) is 1. The van der Waals surface area contributed by atoms with Crippen LogP contribution in [0.1, 0.15) is 0 Å². The molecule has 4 rings (SSSR count). The molecule has 4 nitrogen and oxygen atoms in total. The highest BCUT2D eigenvalue weighted by Gasteiger charge is 2.15. The van der Waals surface area contributed by atoms with Crippen LogP contribution in [0.3, 0.4) is 0 Å². The van der Waals surface area contributed by atoms with E-state index >= 15 is 0 Å². The molecule has 0 aliphatic heterocycles. The number of benzene rings is 3. The second-order valence-corrected chi connectivity index (χ2v) is 4.95. The van der Waals surface area contributed by atoms with Crippen molar-refractivity contribution in [3.8, 4) is 5.95 Å². The highest BCUT2D eigenvalue weighted by molar-refractivity contribution is 6.12. The summed E-state index contributed by atoms with van der Waals surface area (Å²) >= 11 is 0. The predicted octanol–water partition coefficient (Wildman–Crippen LogP) is 5.71. The quantitative estimate of drug-likeness (QED) is 0.480. The van der Waals surface area contributed by atoms with Crippen molar-refractivity contribution < 1.29 is 9.52 Å². The summed E-state index contributed by atoms with van der Waals surface area (Å²) in [4.78, 5) is 0. The lowest BCUT2D eigenvalue weighted by molar-refractivity contribution is 0.348. The van der Waals surface area contributed by atoms with Gasteiger partial charge in [0.25, 0.3) is 0 Å². The van der Waals surface area contributed by atoms with Crippen molar-refractivity contribution in [3.63, 3.8) is 0 Å². The summed E-state index contributed by atoms with van der Waals surface area (Å²) in [7, 11) is 0. The minimum absolute atomic E-state index is 0.217. The van der Waals surface area contributed by atoms with E-state index in [0.29, 0.717) is 11.3 Å². The predicted molar refractivity (Wildman–Crippen MR) is 86.0 cm³/mol. The van der Waals surface area contributed by atoms with E-state index in [2.05, 4.69) is 10.2 Å². The fourth-order valence-corrected chi connectivity index (χ4v) is 2.54. The van der Waals surface area contributed by atoms with E-state index in [-0.39, 0.29) is 5.95 Å². The molecule has 1 N–H and O–H groups in total. The second-order valence-electron chi connectivity index (χ2n) is 4.95. The number of furan rings is 1. The van der Waals surface area contributed by atoms with Gasteiger partial charge in [0.05, 0.1) is 11.1 Å². The van der Waals surface area contributed by atoms with Crippen molar-refractivity contribution in [2.24, 2.45) is 10.2 Å². The summed E-state index contributed by atoms with van der Waals surface area (Å²) < 4.78 is 5.40. The van der Waals surface area contributed by atoms with Crippen molar-refractivity contribution in [2.45, 2.75) is 0 Å². The molecular formula is C18H12N2O2. The Morgan fingerprint density at radius 3 is 2.41 bits per heavy atom. The Morgan fingerprint density at radius 1 is 0.773 bits per heavy atom. The van der Waals surface area contributed by atoms with E-state index in [4.69, 9.17) is 4.42 Å². The first kappa shape index (κ1) is 12.6. The number of hydrogen-bond acceptors (Lipinski definition) is 4. The van der Waals surface area contributed by atoms with Crippen LogP contribution in [0.15, 0.2) is 81.4 Å². The van der Waals surface area contributed by atoms with Gasteiger partial charge in [-0.1, -0.05) is 48.5 Å². The van der Waals surface area contributed by atoms with Crippen LogP contribution in [0.5, 0.6) is 5.95 Å². The maximum Gasteiger partial charge on any atom is 0.312 e. The van der Waals surface area contributed by atoms with Gasteiger partial charge < -0.3 is 9.52 Å². The zero-order valence-electron chi connectivity index (χ0n) is 11.6. The lowest BCUT2D eigenvalue weighted by Gasteiger charge is -1.98. The van der Waals surface area contributed by atoms with Crippen LogP contribution in [0, 0.1) is 0 Å². The van der Waals surface area contributed by atoms with Crippen LogP contribution in [-0.4, -0.2) is 5.11 Å². The maximum atomic E-state index is 10.1. The Bertz CT molecular complexity index is 988. The molecule has 4 heteroatoms. The first-order valence-corrected chi connectivity index (χ1v) is 6.93. The van der Waals surface area contributed by atoms with Crippen molar-refractivity contribution in [2.75, 3.05) is 0 Å². The highest BCUT2D eigenvalue weighted by Crippen LogP contribution is 2.42. The first-order chi connectivity index (χ1) is 10.8. The van der Waals surface area contributed by atoms with Gasteiger partial charge in [0, 0.05) is 0 Å². The van der Waals surface area contributed by atoms with Crippen molar-refractivity contribution in [3.05, 3.63) is 66.7 Å². The molecule has 22 heavy (non-hydrogen) atoms. The number of rotatable bonds is 2. The number of azo groups is 1. The summed E-state index contributed by atoms with van der Waals surface area (Å²) in [6, 6.07) is 21.1. The summed E-state index contributed by atoms with van der Waals surface area (Å²) in [5.41, 5.74) is 1.67. The Hall–Kier alpha value is -3.14. The standard InChI is InChI=1S/C18H12N2O2/c21-18-17(20-19-13-7-2-1-3-8-13)16-14-9-5-4-6-12(14)10-11-15(16)22-18/h1-11,21H. The molecule has 106 valence electrons. The van der Waals surface area contributed by atoms with Crippen molar-refractivity contribution in [1.82, 2.24) is 0 Å². The Labute approximate surface area is 126 Å². The third kappa shape index (κ3) is 2.02. The lowest BCUT2D eigenvalue weighted by Crippen LogP contribution is -1.73. The van der Waals surface area contributed by atoms with E-state index in [1.165, 1.54) is 0 Å². The second kappa shape index (κ2) is 5.00. The van der Waals surface area contributed by atoms with E-state index < -0.39 is 0 Å². The molecule has 0 aliphatic rings. The van der Waals surface area contributed by atoms with Crippen LogP contribution < -0.4 is 0 Å². The molecule has 0 bridgehead atoms. The molecule has 0 radical (unpaired) electrons. The van der Waals surface area contributed by atoms with Gasteiger partial charge in [-0.3, -0.25) is 0 Å². The Morgan fingerprint density at radius 2 is 1.55 bits per heavy atom. The monoisotopic (exact) mass is 288 g/mol. The van der Waals surface area contributed by atoms with E-state index in [9.17, 15) is 5.11 Å². The zero-order chi connectivity index (χ0) is 14.9. The molecule has 0 aliphatic carbocycles. The molecule has 1 heterocycles. The molecule has 1 aromatic heterocycles. The molecule has 0 amide bonds. The van der Waals surface area contributed by atoms with Gasteiger partial charge >= 0.3 is 5.95 Å². The van der Waals surface area contributed by atoms with Gasteiger partial charge in [-0.2, -0.15) is 5.11 Å². The average Bonchev–Trinajstić information content (AvgIpc) is 2.90. The summed E-state index contributed by atoms with van der Waals surface area (Å²) in [6.45, 7) is 0. The van der Waals surface area contributed by atoms with E-state index in [0.717, 1.165) is 21.8 Å². The third-order valence-corrected chi connectivity index (χ3v) is 3.56. The summed E-state index contributed by atoms with van der Waals surface area (Å²) in [5.74, 6) is -0.217. The smallest absolute Gasteiger partial charge is 0.312 e. The van der Waals surface area contributed by atoms with Gasteiger partial charge in [-0.15, -0.1) is 5.11 Å². The number of aromatic hydroxyl groups is 1. The van der Waals surface area contributed by atoms with Crippen LogP contribution in [0.4, 0.5) is 11.4 Å². The van der Waals surface area contributed by atoms with Crippen LogP contribution >= 0.6 is 0 Å². The normalized spacial score (nSPS) is 11.6. The third-order valence-electron chi connectivity index (χ3n) is 3.56. The van der Waals surface area contributed by atoms with Crippen LogP contribution in [-0.2, 0) is 0 Å². The molecule has 0 spiro atoms. The van der Waals surface area contributed by atoms with Gasteiger partial charge in [0.1, 0.15) is 5.58 Å². The molecule has 0 unspecified atom stereocenters. The molecule has 0 saturated carbocycles. The minimum Gasteiger partial charge on any atom is -0.479 e. The first-order valence-electron chi connectivity index (χ1n) is 6.93. The molecule has 0 atom stereocenters. The zero-order valence-corrected chi connectivity index (χ0v) is 11.6. The Balaban J connectivity index is 1.95. The fourth-order valence-electron chi connectivity index (χ4n) is 2.54. The number of fused-ring (bicyclic) bond motifs is 3. The van der Waals surface area contributed by atoms with Gasteiger partial charge in [-0.25, -0.2) is 0 Å². The van der Waals surface area contributed by atoms with Crippen molar-refractivity contribution in [1.29, 1.82) is 0 Å². The Kier molecular flexibility index (Phi) is 2.86. The summed E-state index contributed by atoms with van der Waals surface area (Å²) in [6.07, 6.45) is 0. The number of nitrogens with zero attached hydrogens (tertiary/aromatic N) is 2. The van der Waals surface area contributed by atoms with Gasteiger partial charge in [-0.05, 0) is 29.0 Å². The maximum absolute atomic E-state index is 10.1. The topological polar surface area (TPSA) is 58.1 Å². The minimum atomic E-state index is -0.217. The molecule has 3 aromatic carbocycles. The van der Waals surface area contributed by atoms with Crippen LogP contribution in [0.2, 0.25) is 0 Å². The largest absolute Gasteiger partial charge is 0.479 e. The van der Waals surface area contributed by atoms with Gasteiger partial charge in [0.15, 0.2) is 5.69 Å². The van der Waals surface area contributed by atoms with E-state index in [1.54, 1.807) is 0 Å². The SMILES string of the molecule is Oc1oc2ccc3ccccc3c2c1N=Nc1ccccc1. The van der Waals surface area contributed by atoms with Crippen LogP contribution in [0.25, 0.3) is 21.7 Å². The molecular weight excluding hydrogens is 276 g/mol. The highest BCUT2D eigenvalue weighted by atomic mass is 16.5. The van der Waals surface area contributed by atoms with E-state index in [1.807, 2.05) is 66.7 Å².